The largest absolute Gasteiger partial charge is 0.416 e. The molecule has 0 radical (unpaired) electrons. The highest BCUT2D eigenvalue weighted by atomic mass is 19.4. The van der Waals surface area contributed by atoms with Crippen molar-refractivity contribution in [2.24, 2.45) is 5.73 Å². The van der Waals surface area contributed by atoms with Crippen molar-refractivity contribution in [3.05, 3.63) is 47.4 Å². The summed E-state index contributed by atoms with van der Waals surface area (Å²) in [5.74, 6) is -2.70. The van der Waals surface area contributed by atoms with E-state index in [1.54, 1.807) is 6.07 Å². The smallest absolute Gasteiger partial charge is 0.401 e. The Morgan fingerprint density at radius 3 is 2.68 bits per heavy atom. The van der Waals surface area contributed by atoms with Crippen LogP contribution in [0.5, 0.6) is 0 Å². The van der Waals surface area contributed by atoms with Gasteiger partial charge >= 0.3 is 6.18 Å². The van der Waals surface area contributed by atoms with Crippen LogP contribution < -0.4 is 16.0 Å². The van der Waals surface area contributed by atoms with E-state index in [1.165, 1.54) is 11.0 Å². The maximum absolute atomic E-state index is 13.4. The van der Waals surface area contributed by atoms with Gasteiger partial charge in [0.15, 0.2) is 0 Å². The minimum Gasteiger partial charge on any atom is -0.401 e. The lowest BCUT2D eigenvalue weighted by atomic mass is 10.0. The molecule has 1 unspecified atom stereocenters. The Balaban J connectivity index is 1.58. The number of likely N-dealkylation sites (tertiary alicyclic amines) is 1. The Kier molecular flexibility index (Phi) is 6.39. The van der Waals surface area contributed by atoms with Crippen molar-refractivity contribution in [1.82, 2.24) is 19.9 Å². The van der Waals surface area contributed by atoms with Crippen LogP contribution in [-0.4, -0.2) is 64.7 Å². The Morgan fingerprint density at radius 2 is 2.00 bits per heavy atom. The zero-order valence-corrected chi connectivity index (χ0v) is 18.0. The lowest BCUT2D eigenvalue weighted by Crippen LogP contribution is -2.57. The van der Waals surface area contributed by atoms with Gasteiger partial charge in [0.2, 0.25) is 5.95 Å². The third-order valence-corrected chi connectivity index (χ3v) is 5.60. The number of hydrogen-bond acceptors (Lipinski definition) is 8. The predicted molar refractivity (Wildman–Crippen MR) is 117 cm³/mol. The van der Waals surface area contributed by atoms with Crippen LogP contribution in [0.3, 0.4) is 0 Å². The number of alkyl halides is 5. The molecule has 13 heteroatoms. The van der Waals surface area contributed by atoms with Gasteiger partial charge in [0.1, 0.15) is 11.6 Å². The van der Waals surface area contributed by atoms with Crippen LogP contribution in [0.15, 0.2) is 36.2 Å². The van der Waals surface area contributed by atoms with E-state index in [-0.39, 0.29) is 23.5 Å². The van der Waals surface area contributed by atoms with E-state index in [9.17, 15) is 22.0 Å². The molecule has 0 amide bonds. The summed E-state index contributed by atoms with van der Waals surface area (Å²) in [5, 5.41) is 9.87. The normalized spacial score (nSPS) is 20.8. The molecule has 0 bridgehead atoms. The molecular weight excluding hydrogens is 459 g/mol. The highest BCUT2D eigenvalue weighted by Gasteiger charge is 2.45. The van der Waals surface area contributed by atoms with Crippen molar-refractivity contribution >= 4 is 23.8 Å². The van der Waals surface area contributed by atoms with Gasteiger partial charge in [-0.05, 0) is 31.2 Å². The maximum atomic E-state index is 13.4. The van der Waals surface area contributed by atoms with E-state index < -0.39 is 30.8 Å². The number of anilines is 3. The molecule has 34 heavy (non-hydrogen) atoms. The van der Waals surface area contributed by atoms with E-state index in [0.29, 0.717) is 24.5 Å². The minimum atomic E-state index is -4.54. The Hall–Kier alpha value is -3.35. The second-order valence-corrected chi connectivity index (χ2v) is 8.37. The molecule has 8 nitrogen and oxygen atoms in total. The number of halogens is 5. The number of pyridine rings is 1. The predicted octanol–water partition coefficient (Wildman–Crippen LogP) is 3.37. The molecule has 4 rings (SSSR count). The van der Waals surface area contributed by atoms with Gasteiger partial charge in [-0.15, -0.1) is 0 Å². The molecule has 1 atom stereocenters. The van der Waals surface area contributed by atoms with Gasteiger partial charge in [-0.1, -0.05) is 0 Å². The summed E-state index contributed by atoms with van der Waals surface area (Å²) >= 11 is 0. The first kappa shape index (κ1) is 23.8. The zero-order chi connectivity index (χ0) is 24.5. The minimum absolute atomic E-state index is 0.0497. The van der Waals surface area contributed by atoms with Crippen molar-refractivity contribution in [2.75, 3.05) is 42.9 Å². The lowest BCUT2D eigenvalue weighted by molar-refractivity contribution is -0.137. The first-order chi connectivity index (χ1) is 16.0. The van der Waals surface area contributed by atoms with Crippen molar-refractivity contribution in [2.45, 2.75) is 24.4 Å². The van der Waals surface area contributed by atoms with Gasteiger partial charge in [-0.2, -0.15) is 18.2 Å². The average Bonchev–Trinajstić information content (AvgIpc) is 3.20. The fraction of sp³-hybridized carbons (Fsp3) is 0.429. The number of allylic oxidation sites excluding steroid dienone is 1. The fourth-order valence-electron chi connectivity index (χ4n) is 3.96. The summed E-state index contributed by atoms with van der Waals surface area (Å²) in [6.07, 6.45) is -0.157. The zero-order valence-electron chi connectivity index (χ0n) is 18.0. The van der Waals surface area contributed by atoms with Crippen molar-refractivity contribution in [3.63, 3.8) is 0 Å². The number of nitrogens with one attached hydrogen (secondary N) is 2. The molecule has 2 aromatic rings. The van der Waals surface area contributed by atoms with Gasteiger partial charge in [0, 0.05) is 43.2 Å². The first-order valence-corrected chi connectivity index (χ1v) is 10.5. The van der Waals surface area contributed by atoms with Gasteiger partial charge in [-0.3, -0.25) is 4.90 Å². The molecule has 2 aliphatic heterocycles. The van der Waals surface area contributed by atoms with E-state index in [1.807, 2.05) is 0 Å². The van der Waals surface area contributed by atoms with E-state index in [0.717, 1.165) is 37.5 Å². The SMILES string of the molecule is N=C/C=C(\N)CN1CCC(c2cc(Nc3cc(C(F)(F)F)ccn3)nc(N3CC(F)(F)C3)n2)C1. The molecule has 0 saturated carbocycles. The summed E-state index contributed by atoms with van der Waals surface area (Å²) in [7, 11) is 0. The third-order valence-electron chi connectivity index (χ3n) is 5.60. The lowest BCUT2D eigenvalue weighted by Gasteiger charge is -2.38. The Labute approximate surface area is 192 Å². The molecular formula is C21H23F5N8. The summed E-state index contributed by atoms with van der Waals surface area (Å²) in [4.78, 5) is 16.1. The van der Waals surface area contributed by atoms with Crippen LogP contribution in [0.4, 0.5) is 39.5 Å². The molecule has 2 aromatic heterocycles. The standard InChI is InChI=1S/C21H23F5N8/c22-20(23)11-34(12-20)19-30-16(13-3-6-33(9-13)10-15(28)1-4-27)8-18(32-19)31-17-7-14(2-5-29-17)21(24,25)26/h1-2,4-5,7-8,13,27H,3,6,9-12,28H2,(H,29,30,31,32)/b15-1-,27-4?. The van der Waals surface area contributed by atoms with Crippen LogP contribution in [-0.2, 0) is 6.18 Å². The average molecular weight is 482 g/mol. The van der Waals surface area contributed by atoms with Crippen LogP contribution in [0.1, 0.15) is 23.6 Å². The highest BCUT2D eigenvalue weighted by Crippen LogP contribution is 2.34. The Bertz CT molecular complexity index is 1080. The highest BCUT2D eigenvalue weighted by molar-refractivity contribution is 5.68. The van der Waals surface area contributed by atoms with Gasteiger partial charge in [0.05, 0.1) is 24.3 Å². The third kappa shape index (κ3) is 5.58. The summed E-state index contributed by atoms with van der Waals surface area (Å²) in [6.45, 7) is 0.733. The second kappa shape index (κ2) is 9.12. The molecule has 4 N–H and O–H groups in total. The number of rotatable bonds is 7. The number of nitrogens with zero attached hydrogens (tertiary/aromatic N) is 5. The van der Waals surface area contributed by atoms with E-state index in [2.05, 4.69) is 25.2 Å². The molecule has 4 heterocycles. The van der Waals surface area contributed by atoms with Gasteiger partial charge in [0.25, 0.3) is 5.92 Å². The monoisotopic (exact) mass is 482 g/mol. The summed E-state index contributed by atoms with van der Waals surface area (Å²) < 4.78 is 66.1. The van der Waals surface area contributed by atoms with E-state index in [4.69, 9.17) is 11.1 Å². The van der Waals surface area contributed by atoms with Crippen LogP contribution in [0.2, 0.25) is 0 Å². The van der Waals surface area contributed by atoms with Crippen molar-refractivity contribution in [1.29, 1.82) is 5.41 Å². The van der Waals surface area contributed by atoms with Crippen molar-refractivity contribution in [3.8, 4) is 0 Å². The Morgan fingerprint density at radius 1 is 1.24 bits per heavy atom. The van der Waals surface area contributed by atoms with Crippen LogP contribution >= 0.6 is 0 Å². The second-order valence-electron chi connectivity index (χ2n) is 8.37. The molecule has 2 aliphatic rings. The number of hydrogen-bond donors (Lipinski definition) is 3. The maximum Gasteiger partial charge on any atom is 0.416 e. The number of nitrogens with two attached hydrogens (primary N) is 1. The van der Waals surface area contributed by atoms with Crippen molar-refractivity contribution < 1.29 is 22.0 Å². The molecule has 0 spiro atoms. The van der Waals surface area contributed by atoms with Gasteiger partial charge < -0.3 is 21.4 Å². The molecule has 2 saturated heterocycles. The molecule has 182 valence electrons. The topological polar surface area (TPSA) is 107 Å². The van der Waals surface area contributed by atoms with E-state index >= 15 is 0 Å². The number of aromatic nitrogens is 3. The summed E-state index contributed by atoms with van der Waals surface area (Å²) in [5.41, 5.74) is 6.14. The van der Waals surface area contributed by atoms with Gasteiger partial charge in [-0.25, -0.2) is 18.7 Å². The van der Waals surface area contributed by atoms with Crippen LogP contribution in [0.25, 0.3) is 0 Å². The molecule has 2 fully saturated rings. The summed E-state index contributed by atoms with van der Waals surface area (Å²) in [6, 6.07) is 3.32. The fourth-order valence-corrected chi connectivity index (χ4v) is 3.96. The molecule has 0 aromatic carbocycles. The quantitative estimate of drug-likeness (QED) is 0.410. The first-order valence-electron chi connectivity index (χ1n) is 10.5. The molecule has 0 aliphatic carbocycles. The van der Waals surface area contributed by atoms with Crippen LogP contribution in [0, 0.1) is 5.41 Å².